The summed E-state index contributed by atoms with van der Waals surface area (Å²) in [5.41, 5.74) is 1.09. The second kappa shape index (κ2) is 5.38. The monoisotopic (exact) mass is 318 g/mol. The summed E-state index contributed by atoms with van der Waals surface area (Å²) in [4.78, 5) is 11.9. The fourth-order valence-corrected chi connectivity index (χ4v) is 3.09. The summed E-state index contributed by atoms with van der Waals surface area (Å²) in [5.74, 6) is -0.0711. The molecule has 1 aromatic carbocycles. The number of hydrogen-bond acceptors (Lipinski definition) is 6. The zero-order valence-corrected chi connectivity index (χ0v) is 12.5. The van der Waals surface area contributed by atoms with Crippen LogP contribution < -0.4 is 0 Å². The second-order valence-electron chi connectivity index (χ2n) is 5.43. The molecule has 2 fully saturated rings. The number of nitrogens with zero attached hydrogens (tertiary/aromatic N) is 4. The van der Waals surface area contributed by atoms with Gasteiger partial charge in [0, 0.05) is 6.42 Å². The summed E-state index contributed by atoms with van der Waals surface area (Å²) < 4.78 is 14.6. The summed E-state index contributed by atoms with van der Waals surface area (Å²) in [6, 6.07) is 9.65. The second-order valence-corrected chi connectivity index (χ2v) is 5.79. The van der Waals surface area contributed by atoms with Crippen LogP contribution in [0, 0.1) is 4.77 Å². The third kappa shape index (κ3) is 2.29. The zero-order chi connectivity index (χ0) is 15.1. The Labute approximate surface area is 131 Å². The van der Waals surface area contributed by atoms with Gasteiger partial charge in [-0.2, -0.15) is 0 Å². The van der Waals surface area contributed by atoms with E-state index in [0.29, 0.717) is 24.3 Å². The molecule has 3 heterocycles. The average Bonchev–Trinajstić information content (AvgIpc) is 3.11. The third-order valence-corrected chi connectivity index (χ3v) is 4.36. The molecule has 1 aromatic heterocycles. The van der Waals surface area contributed by atoms with Crippen molar-refractivity contribution in [3.05, 3.63) is 40.7 Å². The van der Waals surface area contributed by atoms with E-state index < -0.39 is 6.29 Å². The van der Waals surface area contributed by atoms with Gasteiger partial charge in [-0.25, -0.2) is 9.36 Å². The highest BCUT2D eigenvalue weighted by Gasteiger charge is 2.45. The molecule has 0 unspecified atom stereocenters. The molecule has 4 rings (SSSR count). The van der Waals surface area contributed by atoms with Crippen molar-refractivity contribution >= 4 is 18.0 Å². The smallest absolute Gasteiger partial charge is 0.218 e. The van der Waals surface area contributed by atoms with E-state index in [1.54, 1.807) is 9.36 Å². The molecule has 7 nitrogen and oxygen atoms in total. The molecule has 2 aromatic rings. The van der Waals surface area contributed by atoms with Crippen molar-refractivity contribution in [3.8, 4) is 0 Å². The molecule has 3 atom stereocenters. The predicted molar refractivity (Wildman–Crippen MR) is 77.7 cm³/mol. The Morgan fingerprint density at radius 1 is 1.27 bits per heavy atom. The van der Waals surface area contributed by atoms with Crippen LogP contribution in [0.4, 0.5) is 0 Å². The van der Waals surface area contributed by atoms with Gasteiger partial charge < -0.3 is 9.47 Å². The third-order valence-electron chi connectivity index (χ3n) is 3.96. The van der Waals surface area contributed by atoms with Crippen LogP contribution in [0.15, 0.2) is 30.3 Å². The maximum absolute atomic E-state index is 11.9. The maximum atomic E-state index is 11.9. The van der Waals surface area contributed by atoms with Crippen molar-refractivity contribution in [2.45, 2.75) is 31.4 Å². The first-order valence-corrected chi connectivity index (χ1v) is 7.49. The highest BCUT2D eigenvalue weighted by molar-refractivity contribution is 7.71. The number of ether oxygens (including phenoxy) is 2. The number of hydrogen-bond donors (Lipinski definition) is 0. The fourth-order valence-electron chi connectivity index (χ4n) is 2.82. The van der Waals surface area contributed by atoms with Crippen molar-refractivity contribution in [3.63, 3.8) is 0 Å². The number of carbonyl (C=O) groups excluding carboxylic acids is 1. The van der Waals surface area contributed by atoms with E-state index in [0.717, 1.165) is 5.56 Å². The van der Waals surface area contributed by atoms with Gasteiger partial charge in [0.15, 0.2) is 5.78 Å². The minimum Gasteiger partial charge on any atom is -0.343 e. The topological polar surface area (TPSA) is 71.2 Å². The molecule has 2 bridgehead atoms. The van der Waals surface area contributed by atoms with Crippen LogP contribution in [-0.4, -0.2) is 44.6 Å². The first kappa shape index (κ1) is 13.7. The van der Waals surface area contributed by atoms with Crippen molar-refractivity contribution < 1.29 is 14.3 Å². The lowest BCUT2D eigenvalue weighted by atomic mass is 10.0. The molecule has 8 heteroatoms. The molecule has 0 aliphatic carbocycles. The van der Waals surface area contributed by atoms with E-state index in [1.165, 1.54) is 0 Å². The molecule has 2 saturated heterocycles. The lowest BCUT2D eigenvalue weighted by Gasteiger charge is -2.25. The first-order chi connectivity index (χ1) is 10.7. The summed E-state index contributed by atoms with van der Waals surface area (Å²) in [6.45, 7) is 0.930. The maximum Gasteiger partial charge on any atom is 0.218 e. The largest absolute Gasteiger partial charge is 0.343 e. The van der Waals surface area contributed by atoms with Gasteiger partial charge in [0.25, 0.3) is 0 Å². The highest BCUT2D eigenvalue weighted by Crippen LogP contribution is 2.32. The number of benzene rings is 1. The molecule has 0 N–H and O–H groups in total. The molecular formula is C14H14N4O3S. The number of aromatic nitrogens is 4. The lowest BCUT2D eigenvalue weighted by Crippen LogP contribution is -2.37. The Bertz CT molecular complexity index is 757. The van der Waals surface area contributed by atoms with Crippen LogP contribution in [0.3, 0.4) is 0 Å². The molecule has 2 aliphatic rings. The van der Waals surface area contributed by atoms with Crippen molar-refractivity contribution in [2.75, 3.05) is 6.61 Å². The molecule has 0 amide bonds. The molecule has 22 heavy (non-hydrogen) atoms. The summed E-state index contributed by atoms with van der Waals surface area (Å²) >= 11 is 5.45. The highest BCUT2D eigenvalue weighted by atomic mass is 32.1. The fraction of sp³-hybridized carbons (Fsp3) is 0.429. The van der Waals surface area contributed by atoms with Gasteiger partial charge in [0.1, 0.15) is 6.10 Å². The van der Waals surface area contributed by atoms with Crippen LogP contribution in [0.1, 0.15) is 18.0 Å². The Kier molecular flexibility index (Phi) is 3.36. The van der Waals surface area contributed by atoms with Gasteiger partial charge in [0.05, 0.1) is 19.2 Å². The predicted octanol–water partition coefficient (Wildman–Crippen LogP) is 1.11. The zero-order valence-electron chi connectivity index (χ0n) is 11.7. The van der Waals surface area contributed by atoms with Crippen molar-refractivity contribution in [2.24, 2.45) is 0 Å². The van der Waals surface area contributed by atoms with E-state index in [-0.39, 0.29) is 17.9 Å². The summed E-state index contributed by atoms with van der Waals surface area (Å²) in [6.07, 6.45) is -0.598. The molecule has 114 valence electrons. The van der Waals surface area contributed by atoms with Crippen LogP contribution in [-0.2, 0) is 20.8 Å². The molecule has 0 radical (unpaired) electrons. The van der Waals surface area contributed by atoms with Gasteiger partial charge in [-0.05, 0) is 28.2 Å². The van der Waals surface area contributed by atoms with Gasteiger partial charge >= 0.3 is 0 Å². The number of tetrazole rings is 1. The quantitative estimate of drug-likeness (QED) is 0.790. The van der Waals surface area contributed by atoms with Crippen LogP contribution in [0.5, 0.6) is 0 Å². The Morgan fingerprint density at radius 3 is 2.91 bits per heavy atom. The van der Waals surface area contributed by atoms with E-state index in [2.05, 4.69) is 10.4 Å². The summed E-state index contributed by atoms with van der Waals surface area (Å²) in [7, 11) is 0. The number of carbonyl (C=O) groups is 1. The van der Waals surface area contributed by atoms with Crippen molar-refractivity contribution in [1.82, 2.24) is 19.8 Å². The van der Waals surface area contributed by atoms with Gasteiger partial charge in [-0.15, -0.1) is 0 Å². The minimum absolute atomic E-state index is 0.0711. The minimum atomic E-state index is -0.713. The molecule has 2 aliphatic heterocycles. The Hall–Kier alpha value is -1.90. The van der Waals surface area contributed by atoms with Crippen molar-refractivity contribution in [1.29, 1.82) is 0 Å². The lowest BCUT2D eigenvalue weighted by molar-refractivity contribution is -0.156. The average molecular weight is 318 g/mol. The van der Waals surface area contributed by atoms with Gasteiger partial charge in [-0.1, -0.05) is 30.3 Å². The van der Waals surface area contributed by atoms with Crippen LogP contribution in [0.25, 0.3) is 0 Å². The Morgan fingerprint density at radius 2 is 2.09 bits per heavy atom. The normalized spacial score (nSPS) is 27.3. The molecular weight excluding hydrogens is 304 g/mol. The SMILES string of the molecule is O=C1C[C@@H](n2nnn(Cc3ccccc3)c2=S)[C@H]2CO[C@@H]1O2. The summed E-state index contributed by atoms with van der Waals surface area (Å²) in [5, 5.41) is 8.24. The van der Waals surface area contributed by atoms with E-state index in [4.69, 9.17) is 21.7 Å². The molecule has 0 spiro atoms. The Balaban J connectivity index is 1.61. The van der Waals surface area contributed by atoms with E-state index in [1.807, 2.05) is 30.3 Å². The standard InChI is InChI=1S/C14H14N4O3S/c19-11-6-10(12-8-20-13(11)21-12)18-14(22)17(15-16-18)7-9-4-2-1-3-5-9/h1-5,10,12-13H,6-8H2/t10-,12-,13-/m1/s1. The van der Waals surface area contributed by atoms with E-state index in [9.17, 15) is 4.79 Å². The molecule has 0 saturated carbocycles. The van der Waals surface area contributed by atoms with Gasteiger partial charge in [-0.3, -0.25) is 4.79 Å². The number of rotatable bonds is 3. The number of fused-ring (bicyclic) bond motifs is 2. The van der Waals surface area contributed by atoms with Crippen LogP contribution in [0.2, 0.25) is 0 Å². The van der Waals surface area contributed by atoms with Gasteiger partial charge in [0.2, 0.25) is 11.1 Å². The number of ketones is 1. The van der Waals surface area contributed by atoms with E-state index >= 15 is 0 Å². The van der Waals surface area contributed by atoms with Crippen LogP contribution >= 0.6 is 12.2 Å². The number of Topliss-reactive ketones (excluding diaryl/α,β-unsaturated/α-hetero) is 1. The first-order valence-electron chi connectivity index (χ1n) is 7.08.